The number of hydrogen-bond donors (Lipinski definition) is 4. The Kier molecular flexibility index (Phi) is 15.7. The summed E-state index contributed by atoms with van der Waals surface area (Å²) in [7, 11) is 2.38. The number of alkyl carbamates (subject to hydrolysis) is 1. The van der Waals surface area contributed by atoms with Crippen LogP contribution in [0, 0.1) is 35.0 Å². The lowest BCUT2D eigenvalue weighted by Gasteiger charge is -2.37. The number of methoxy groups -OCH3 is 2. The third kappa shape index (κ3) is 11.7. The average molecular weight is 774 g/mol. The zero-order valence-electron chi connectivity index (χ0n) is 33.5. The maximum Gasteiger partial charge on any atom is 0.406 e. The fraction of sp³-hybridized carbons (Fsp3) is 0.800. The highest BCUT2D eigenvalue weighted by atomic mass is 16.5. The molecule has 308 valence electrons. The second-order valence-electron chi connectivity index (χ2n) is 17.1. The number of carbonyl (C=O) groups excluding carboxylic acids is 8. The number of carbonyl (C=O) groups is 8. The van der Waals surface area contributed by atoms with Crippen molar-refractivity contribution in [2.24, 2.45) is 35.0 Å². The predicted octanol–water partition coefficient (Wildman–Crippen LogP) is 2.97. The molecule has 3 saturated carbocycles. The van der Waals surface area contributed by atoms with Crippen LogP contribution in [-0.2, 0) is 43.0 Å². The highest BCUT2D eigenvalue weighted by Gasteiger charge is 2.52. The first-order valence-corrected chi connectivity index (χ1v) is 20.3. The van der Waals surface area contributed by atoms with Gasteiger partial charge in [0.2, 0.25) is 23.5 Å². The second-order valence-corrected chi connectivity index (χ2v) is 17.1. The molecule has 1 unspecified atom stereocenters. The van der Waals surface area contributed by atoms with E-state index in [1.165, 1.54) is 14.2 Å². The molecule has 0 aromatic carbocycles. The average Bonchev–Trinajstić information content (AvgIpc) is 3.72. The largest absolute Gasteiger partial charge is 0.469 e. The minimum absolute atomic E-state index is 0.00967. The number of likely N-dealkylation sites (tertiary alicyclic amines) is 1. The molecule has 4 N–H and O–H groups in total. The Labute approximate surface area is 324 Å². The van der Waals surface area contributed by atoms with E-state index in [1.54, 1.807) is 4.90 Å². The number of amides is 5. The molecule has 3 aliphatic carbocycles. The van der Waals surface area contributed by atoms with Crippen LogP contribution in [0.15, 0.2) is 0 Å². The van der Waals surface area contributed by atoms with E-state index in [4.69, 9.17) is 4.74 Å². The lowest BCUT2D eigenvalue weighted by Crippen LogP contribution is -2.56. The van der Waals surface area contributed by atoms with Crippen molar-refractivity contribution >= 4 is 47.3 Å². The summed E-state index contributed by atoms with van der Waals surface area (Å²) >= 11 is 0. The van der Waals surface area contributed by atoms with E-state index in [-0.39, 0.29) is 61.3 Å². The van der Waals surface area contributed by atoms with Crippen LogP contribution >= 0.6 is 0 Å². The van der Waals surface area contributed by atoms with Gasteiger partial charge in [0.1, 0.15) is 6.04 Å². The van der Waals surface area contributed by atoms with Crippen molar-refractivity contribution in [3.8, 4) is 0 Å². The van der Waals surface area contributed by atoms with Crippen molar-refractivity contribution < 1.29 is 47.8 Å². The molecule has 0 bridgehead atoms. The normalized spacial score (nSPS) is 23.3. The summed E-state index contributed by atoms with van der Waals surface area (Å²) in [6.45, 7) is 7.63. The van der Waals surface area contributed by atoms with Crippen LogP contribution in [-0.4, -0.2) is 104 Å². The number of nitrogens with one attached hydrogen (secondary N) is 4. The van der Waals surface area contributed by atoms with Crippen LogP contribution in [0.25, 0.3) is 0 Å². The molecule has 55 heavy (non-hydrogen) atoms. The van der Waals surface area contributed by atoms with Gasteiger partial charge in [0, 0.05) is 31.5 Å². The third-order valence-corrected chi connectivity index (χ3v) is 12.0. The van der Waals surface area contributed by atoms with Crippen molar-refractivity contribution in [1.29, 1.82) is 0 Å². The highest BCUT2D eigenvalue weighted by molar-refractivity contribution is 6.38. The Morgan fingerprint density at radius 3 is 2.11 bits per heavy atom. The van der Waals surface area contributed by atoms with Crippen molar-refractivity contribution in [3.05, 3.63) is 0 Å². The topological polar surface area (TPSA) is 206 Å². The quantitative estimate of drug-likeness (QED) is 0.118. The van der Waals surface area contributed by atoms with Gasteiger partial charge in [-0.2, -0.15) is 0 Å². The second kappa shape index (κ2) is 19.7. The number of ketones is 2. The van der Waals surface area contributed by atoms with E-state index >= 15 is 0 Å². The number of Topliss-reactive ketones (excluding diaryl/α,β-unsaturated/α-hetero) is 2. The van der Waals surface area contributed by atoms with E-state index in [0.29, 0.717) is 25.8 Å². The van der Waals surface area contributed by atoms with E-state index in [1.807, 2.05) is 27.7 Å². The van der Waals surface area contributed by atoms with E-state index in [0.717, 1.165) is 51.4 Å². The molecule has 1 aliphatic heterocycles. The van der Waals surface area contributed by atoms with Gasteiger partial charge in [-0.1, -0.05) is 59.8 Å². The van der Waals surface area contributed by atoms with Gasteiger partial charge in [-0.3, -0.25) is 33.6 Å². The molecule has 4 rings (SSSR count). The van der Waals surface area contributed by atoms with Gasteiger partial charge in [0.05, 0.1) is 38.6 Å². The van der Waals surface area contributed by atoms with Crippen molar-refractivity contribution in [2.75, 3.05) is 27.3 Å². The zero-order valence-corrected chi connectivity index (χ0v) is 33.5. The SMILES string of the molecule is CCC[C@H](NC(=O)[C@@H]1[C@H]2CCC[C@H]2CN1C(=O)[C@@H](CC(=O)C(NC(=O)[C@H](CNC(=O)OC)CC(=O)OC)C1CCCCC1)C(C)(C)C)C(=O)C(=O)NC1CC1. The van der Waals surface area contributed by atoms with Crippen LogP contribution in [0.4, 0.5) is 4.79 Å². The third-order valence-electron chi connectivity index (χ3n) is 12.0. The van der Waals surface area contributed by atoms with Crippen LogP contribution in [0.5, 0.6) is 0 Å². The molecule has 0 spiro atoms. The molecule has 7 atom stereocenters. The van der Waals surface area contributed by atoms with Gasteiger partial charge >= 0.3 is 12.1 Å². The maximum absolute atomic E-state index is 14.8. The van der Waals surface area contributed by atoms with Crippen LogP contribution in [0.2, 0.25) is 0 Å². The van der Waals surface area contributed by atoms with E-state index in [9.17, 15) is 38.4 Å². The maximum atomic E-state index is 14.8. The lowest BCUT2D eigenvalue weighted by molar-refractivity contribution is -0.148. The Balaban J connectivity index is 1.57. The molecule has 1 saturated heterocycles. The molecule has 4 aliphatic rings. The molecule has 1 heterocycles. The minimum atomic E-state index is -1.04. The Morgan fingerprint density at radius 2 is 1.51 bits per heavy atom. The number of nitrogens with zero attached hydrogens (tertiary/aromatic N) is 1. The van der Waals surface area contributed by atoms with Gasteiger partial charge in [0.15, 0.2) is 5.78 Å². The van der Waals surface area contributed by atoms with Gasteiger partial charge in [0.25, 0.3) is 5.91 Å². The first-order chi connectivity index (χ1) is 26.1. The van der Waals surface area contributed by atoms with E-state index < -0.39 is 70.9 Å². The minimum Gasteiger partial charge on any atom is -0.469 e. The monoisotopic (exact) mass is 773 g/mol. The smallest absolute Gasteiger partial charge is 0.406 e. The summed E-state index contributed by atoms with van der Waals surface area (Å²) in [4.78, 5) is 109. The summed E-state index contributed by atoms with van der Waals surface area (Å²) < 4.78 is 9.42. The molecule has 15 heteroatoms. The Bertz CT molecular complexity index is 1440. The summed E-state index contributed by atoms with van der Waals surface area (Å²) in [5.41, 5.74) is -0.716. The first kappa shape index (κ1) is 43.7. The lowest BCUT2D eigenvalue weighted by atomic mass is 9.74. The van der Waals surface area contributed by atoms with Crippen molar-refractivity contribution in [1.82, 2.24) is 26.2 Å². The number of esters is 1. The van der Waals surface area contributed by atoms with Gasteiger partial charge in [-0.05, 0) is 68.1 Å². The Morgan fingerprint density at radius 1 is 0.818 bits per heavy atom. The van der Waals surface area contributed by atoms with Crippen molar-refractivity contribution in [3.63, 3.8) is 0 Å². The summed E-state index contributed by atoms with van der Waals surface area (Å²) in [5, 5.41) is 10.9. The van der Waals surface area contributed by atoms with Gasteiger partial charge in [-0.25, -0.2) is 4.79 Å². The molecule has 4 fully saturated rings. The highest BCUT2D eigenvalue weighted by Crippen LogP contribution is 2.44. The van der Waals surface area contributed by atoms with Gasteiger partial charge in [-0.15, -0.1) is 0 Å². The Hall–Kier alpha value is -4.04. The number of fused-ring (bicyclic) bond motifs is 1. The first-order valence-electron chi connectivity index (χ1n) is 20.3. The van der Waals surface area contributed by atoms with E-state index in [2.05, 4.69) is 26.0 Å². The van der Waals surface area contributed by atoms with Gasteiger partial charge < -0.3 is 35.6 Å². The standard InChI is InChI=1S/C40H63N5O10/c1-7-12-29(34(48)37(51)42-26-17-18-26)43-36(50)33-27-16-11-15-24(27)22-45(33)38(52)28(40(2,3)4)20-30(46)32(23-13-9-8-10-14-23)44-35(49)25(19-31(47)54-5)21-41-39(53)55-6/h23-29,32-33H,7-22H2,1-6H3,(H,41,53)(H,42,51)(H,43,50)(H,44,49)/t24-,25-,27-,28+,29-,32?,33-/m0/s1. The fourth-order valence-electron chi connectivity index (χ4n) is 8.64. The number of hydrogen-bond acceptors (Lipinski definition) is 10. The van der Waals surface area contributed by atoms with Crippen LogP contribution in [0.1, 0.15) is 118 Å². The molecular formula is C40H63N5O10. The zero-order chi connectivity index (χ0) is 40.4. The number of rotatable bonds is 18. The van der Waals surface area contributed by atoms with Crippen LogP contribution < -0.4 is 21.3 Å². The molecule has 0 aromatic rings. The van der Waals surface area contributed by atoms with Crippen LogP contribution in [0.3, 0.4) is 0 Å². The summed E-state index contributed by atoms with van der Waals surface area (Å²) in [6, 6.07) is -2.82. The molecule has 15 nitrogen and oxygen atoms in total. The van der Waals surface area contributed by atoms with Crippen molar-refractivity contribution in [2.45, 2.75) is 142 Å². The molecule has 0 aromatic heterocycles. The summed E-state index contributed by atoms with van der Waals surface area (Å²) in [6.07, 6.45) is 7.83. The predicted molar refractivity (Wildman–Crippen MR) is 201 cm³/mol. The fourth-order valence-corrected chi connectivity index (χ4v) is 8.64. The number of ether oxygens (including phenoxy) is 2. The molecule has 0 radical (unpaired) electrons. The summed E-state index contributed by atoms with van der Waals surface area (Å²) in [5.74, 6) is -5.87. The molecular weight excluding hydrogens is 710 g/mol. The molecule has 5 amide bonds.